The molecule has 3 heterocycles. The highest BCUT2D eigenvalue weighted by atomic mass is 35.5. The fraction of sp³-hybridized carbons (Fsp3) is 0.167. The Balaban J connectivity index is 1.69. The van der Waals surface area contributed by atoms with Crippen LogP contribution >= 0.6 is 11.6 Å². The minimum absolute atomic E-state index is 0.107. The molecule has 0 aliphatic carbocycles. The first-order chi connectivity index (χ1) is 16.8. The molecule has 0 bridgehead atoms. The summed E-state index contributed by atoms with van der Waals surface area (Å²) in [6, 6.07) is 7.17. The molecule has 2 amide bonds. The van der Waals surface area contributed by atoms with Gasteiger partial charge < -0.3 is 14.2 Å². The van der Waals surface area contributed by atoms with Crippen LogP contribution in [0.4, 0.5) is 10.1 Å². The number of halogens is 2. The molecule has 0 saturated heterocycles. The van der Waals surface area contributed by atoms with Crippen molar-refractivity contribution in [2.75, 3.05) is 26.2 Å². The normalized spacial score (nSPS) is 12.9. The van der Waals surface area contributed by atoms with Crippen molar-refractivity contribution in [2.45, 2.75) is 6.92 Å². The molecule has 2 aromatic heterocycles. The second-order valence-electron chi connectivity index (χ2n) is 7.67. The monoisotopic (exact) mass is 496 g/mol. The molecule has 0 N–H and O–H groups in total. The average molecular weight is 497 g/mol. The fourth-order valence-corrected chi connectivity index (χ4v) is 4.37. The second kappa shape index (κ2) is 8.24. The van der Waals surface area contributed by atoms with Gasteiger partial charge in [0.05, 0.1) is 49.2 Å². The lowest BCUT2D eigenvalue weighted by molar-refractivity contribution is 0.0926. The number of fused-ring (bicyclic) bond motifs is 3. The number of hydrogen-bond donors (Lipinski definition) is 0. The smallest absolute Gasteiger partial charge is 0.267 e. The van der Waals surface area contributed by atoms with Gasteiger partial charge in [-0.05, 0) is 25.1 Å². The highest BCUT2D eigenvalue weighted by molar-refractivity contribution is 6.37. The van der Waals surface area contributed by atoms with Crippen LogP contribution in [0.2, 0.25) is 5.02 Å². The number of aromatic nitrogens is 3. The number of hydrogen-bond acceptors (Lipinski definition) is 7. The van der Waals surface area contributed by atoms with Crippen LogP contribution in [0, 0.1) is 12.7 Å². The number of imide groups is 1. The number of benzene rings is 2. The number of rotatable bonds is 5. The number of anilines is 1. The van der Waals surface area contributed by atoms with E-state index in [0.717, 1.165) is 11.0 Å². The quantitative estimate of drug-likeness (QED) is 0.379. The molecule has 1 aliphatic rings. The molecule has 0 fully saturated rings. The first-order valence-corrected chi connectivity index (χ1v) is 10.7. The summed E-state index contributed by atoms with van der Waals surface area (Å²) in [4.78, 5) is 32.3. The maximum atomic E-state index is 14.6. The number of ether oxygens (including phenoxy) is 3. The van der Waals surface area contributed by atoms with Gasteiger partial charge in [0.1, 0.15) is 11.5 Å². The fourth-order valence-electron chi connectivity index (χ4n) is 4.21. The third-order valence-electron chi connectivity index (χ3n) is 5.77. The largest absolute Gasteiger partial charge is 0.493 e. The Morgan fingerprint density at radius 3 is 2.26 bits per heavy atom. The van der Waals surface area contributed by atoms with Gasteiger partial charge in [-0.15, -0.1) is 0 Å². The van der Waals surface area contributed by atoms with Gasteiger partial charge >= 0.3 is 0 Å². The van der Waals surface area contributed by atoms with E-state index in [1.807, 2.05) is 0 Å². The number of pyridine rings is 1. The van der Waals surface area contributed by atoms with Gasteiger partial charge in [0, 0.05) is 23.4 Å². The lowest BCUT2D eigenvalue weighted by Gasteiger charge is -2.18. The Morgan fingerprint density at radius 2 is 1.66 bits per heavy atom. The Hall–Kier alpha value is -4.18. The molecule has 0 radical (unpaired) electrons. The summed E-state index contributed by atoms with van der Waals surface area (Å²) in [5.41, 5.74) is 1.22. The van der Waals surface area contributed by atoms with Gasteiger partial charge in [-0.25, -0.2) is 19.0 Å². The molecule has 5 rings (SSSR count). The third kappa shape index (κ3) is 3.28. The summed E-state index contributed by atoms with van der Waals surface area (Å²) >= 11 is 5.88. The van der Waals surface area contributed by atoms with Crippen molar-refractivity contribution in [3.8, 4) is 22.9 Å². The van der Waals surface area contributed by atoms with Gasteiger partial charge in [0.25, 0.3) is 11.8 Å². The van der Waals surface area contributed by atoms with Crippen LogP contribution in [-0.2, 0) is 0 Å². The van der Waals surface area contributed by atoms with Crippen molar-refractivity contribution in [3.05, 3.63) is 64.2 Å². The van der Waals surface area contributed by atoms with Crippen molar-refractivity contribution >= 4 is 40.1 Å². The molecule has 0 atom stereocenters. The van der Waals surface area contributed by atoms with Gasteiger partial charge in [-0.2, -0.15) is 5.10 Å². The zero-order valence-corrected chi connectivity index (χ0v) is 19.8. The molecular weight excluding hydrogens is 479 g/mol. The molecule has 35 heavy (non-hydrogen) atoms. The zero-order valence-electron chi connectivity index (χ0n) is 19.1. The molecule has 2 aromatic carbocycles. The van der Waals surface area contributed by atoms with E-state index in [2.05, 4.69) is 10.1 Å². The predicted octanol–water partition coefficient (Wildman–Crippen LogP) is 4.35. The minimum atomic E-state index is -0.606. The lowest BCUT2D eigenvalue weighted by Crippen LogP contribution is -2.29. The highest BCUT2D eigenvalue weighted by Gasteiger charge is 2.41. The molecule has 0 spiro atoms. The van der Waals surface area contributed by atoms with E-state index in [1.165, 1.54) is 56.5 Å². The van der Waals surface area contributed by atoms with Crippen LogP contribution < -0.4 is 19.1 Å². The molecule has 4 aromatic rings. The van der Waals surface area contributed by atoms with Crippen molar-refractivity contribution in [1.82, 2.24) is 14.8 Å². The van der Waals surface area contributed by atoms with Gasteiger partial charge in [-0.1, -0.05) is 11.6 Å². The van der Waals surface area contributed by atoms with E-state index in [9.17, 15) is 14.0 Å². The Morgan fingerprint density at radius 1 is 0.971 bits per heavy atom. The molecule has 9 nitrogen and oxygen atoms in total. The number of nitrogens with zero attached hydrogens (tertiary/aromatic N) is 4. The van der Waals surface area contributed by atoms with E-state index in [1.54, 1.807) is 6.92 Å². The van der Waals surface area contributed by atoms with Crippen LogP contribution in [0.5, 0.6) is 17.2 Å². The molecule has 0 unspecified atom stereocenters. The number of amides is 2. The Kier molecular flexibility index (Phi) is 5.32. The van der Waals surface area contributed by atoms with E-state index in [4.69, 9.17) is 25.8 Å². The lowest BCUT2D eigenvalue weighted by atomic mass is 10.1. The van der Waals surface area contributed by atoms with E-state index >= 15 is 0 Å². The van der Waals surface area contributed by atoms with Crippen LogP contribution in [0.3, 0.4) is 0 Å². The number of carbonyl (C=O) groups is 2. The van der Waals surface area contributed by atoms with Crippen LogP contribution in [-0.4, -0.2) is 47.9 Å². The number of carbonyl (C=O) groups excluding carboxylic acids is 2. The Bertz CT molecular complexity index is 1530. The first kappa shape index (κ1) is 22.6. The topological polar surface area (TPSA) is 95.8 Å². The van der Waals surface area contributed by atoms with Crippen LogP contribution in [0.1, 0.15) is 26.4 Å². The third-order valence-corrected chi connectivity index (χ3v) is 6.00. The van der Waals surface area contributed by atoms with E-state index < -0.39 is 17.6 Å². The molecule has 1 aliphatic heterocycles. The summed E-state index contributed by atoms with van der Waals surface area (Å²) < 4.78 is 32.0. The van der Waals surface area contributed by atoms with Gasteiger partial charge in [-0.3, -0.25) is 9.59 Å². The first-order valence-electron chi connectivity index (χ1n) is 10.3. The highest BCUT2D eigenvalue weighted by Crippen LogP contribution is 2.43. The summed E-state index contributed by atoms with van der Waals surface area (Å²) in [5, 5.41) is 4.98. The summed E-state index contributed by atoms with van der Waals surface area (Å²) in [6.45, 7) is 1.66. The van der Waals surface area contributed by atoms with Gasteiger partial charge in [0.15, 0.2) is 17.1 Å². The molecule has 178 valence electrons. The average Bonchev–Trinajstić information content (AvgIpc) is 3.31. The zero-order chi connectivity index (χ0) is 25.0. The molecular formula is C24H18ClFN4O5. The van der Waals surface area contributed by atoms with Gasteiger partial charge in [0.2, 0.25) is 5.75 Å². The molecule has 0 saturated carbocycles. The number of methoxy groups -OCH3 is 3. The summed E-state index contributed by atoms with van der Waals surface area (Å²) in [5.74, 6) is -0.871. The summed E-state index contributed by atoms with van der Waals surface area (Å²) in [7, 11) is 4.32. The standard InChI is InChI=1S/C24H18ClFN4O5/c1-11-19-20-14(10-27-22(19)30(28-11)16-6-5-12(25)7-15(16)26)23(31)29(24(20)32)13-8-17(33-2)21(35-4)18(9-13)34-3/h5-10H,1-4H3. The number of aryl methyl sites for hydroxylation is 1. The van der Waals surface area contributed by atoms with Crippen LogP contribution in [0.25, 0.3) is 16.7 Å². The molecule has 11 heteroatoms. The Labute approximate surface area is 203 Å². The SMILES string of the molecule is COc1cc(N2C(=O)c3cnc4c(c(C)nn4-c4ccc(Cl)cc4F)c3C2=O)cc(OC)c1OC. The van der Waals surface area contributed by atoms with Crippen molar-refractivity contribution < 1.29 is 28.2 Å². The van der Waals surface area contributed by atoms with Crippen LogP contribution in [0.15, 0.2) is 36.5 Å². The maximum Gasteiger partial charge on any atom is 0.267 e. The van der Waals surface area contributed by atoms with Crippen molar-refractivity contribution in [1.29, 1.82) is 0 Å². The summed E-state index contributed by atoms with van der Waals surface area (Å²) in [6.07, 6.45) is 1.29. The second-order valence-corrected chi connectivity index (χ2v) is 8.10. The van der Waals surface area contributed by atoms with Crippen molar-refractivity contribution in [3.63, 3.8) is 0 Å². The van der Waals surface area contributed by atoms with E-state index in [-0.39, 0.29) is 44.7 Å². The van der Waals surface area contributed by atoms with E-state index in [0.29, 0.717) is 16.8 Å². The minimum Gasteiger partial charge on any atom is -0.493 e. The maximum absolute atomic E-state index is 14.6. The predicted molar refractivity (Wildman–Crippen MR) is 126 cm³/mol. The van der Waals surface area contributed by atoms with Crippen molar-refractivity contribution in [2.24, 2.45) is 0 Å².